The van der Waals surface area contributed by atoms with Gasteiger partial charge in [-0.3, -0.25) is 9.36 Å². The van der Waals surface area contributed by atoms with E-state index in [-0.39, 0.29) is 22.7 Å². The first-order valence-electron chi connectivity index (χ1n) is 7.79. The molecule has 0 saturated heterocycles. The number of benzene rings is 2. The molecule has 3 rings (SSSR count). The molecule has 6 nitrogen and oxygen atoms in total. The van der Waals surface area contributed by atoms with Gasteiger partial charge in [0.1, 0.15) is 17.4 Å². The summed E-state index contributed by atoms with van der Waals surface area (Å²) in [7, 11) is 0. The monoisotopic (exact) mass is 352 g/mol. The molecule has 1 aromatic heterocycles. The maximum absolute atomic E-state index is 14.3. The van der Waals surface area contributed by atoms with Crippen molar-refractivity contribution in [2.24, 2.45) is 5.73 Å². The van der Waals surface area contributed by atoms with Crippen molar-refractivity contribution in [1.82, 2.24) is 4.57 Å². The van der Waals surface area contributed by atoms with Crippen LogP contribution in [0.4, 0.5) is 15.9 Å². The standard InChI is InChI=1S/C19H17FN4O2/c1-8-5-14-11(6-13(8)23-4)16(19(22)26)18(21)24(14)17-9(2)12(20)7-15(25)10(17)3/h5-7,25H,21H2,1-3H3,(H2,22,26). The number of aryl methyl sites for hydroxylation is 1. The second-order valence-corrected chi connectivity index (χ2v) is 6.20. The molecule has 1 amide bonds. The number of phenolic OH excluding ortho intramolecular Hbond substituents is 1. The minimum absolute atomic E-state index is 0.0326. The summed E-state index contributed by atoms with van der Waals surface area (Å²) in [6, 6.07) is 4.29. The maximum atomic E-state index is 14.3. The predicted molar refractivity (Wildman–Crippen MR) is 98.3 cm³/mol. The van der Waals surface area contributed by atoms with Gasteiger partial charge >= 0.3 is 0 Å². The highest BCUT2D eigenvalue weighted by atomic mass is 19.1. The van der Waals surface area contributed by atoms with Gasteiger partial charge in [-0.05, 0) is 38.5 Å². The van der Waals surface area contributed by atoms with E-state index in [4.69, 9.17) is 18.0 Å². The Morgan fingerprint density at radius 2 is 1.88 bits per heavy atom. The number of aromatic nitrogens is 1. The Morgan fingerprint density at radius 3 is 2.46 bits per heavy atom. The van der Waals surface area contributed by atoms with Gasteiger partial charge in [-0.15, -0.1) is 0 Å². The van der Waals surface area contributed by atoms with Crippen LogP contribution in [0.5, 0.6) is 5.75 Å². The molecule has 1 heterocycles. The van der Waals surface area contributed by atoms with Crippen LogP contribution in [0.15, 0.2) is 18.2 Å². The number of hydrogen-bond acceptors (Lipinski definition) is 3. The van der Waals surface area contributed by atoms with Gasteiger partial charge in [0.2, 0.25) is 0 Å². The van der Waals surface area contributed by atoms with Crippen LogP contribution in [0.3, 0.4) is 0 Å². The number of hydrogen-bond donors (Lipinski definition) is 3. The third-order valence-corrected chi connectivity index (χ3v) is 4.63. The lowest BCUT2D eigenvalue weighted by atomic mass is 10.1. The van der Waals surface area contributed by atoms with Gasteiger partial charge in [-0.2, -0.15) is 0 Å². The van der Waals surface area contributed by atoms with E-state index in [9.17, 15) is 14.3 Å². The minimum atomic E-state index is -0.748. The first-order valence-corrected chi connectivity index (χ1v) is 7.79. The molecule has 2 aromatic carbocycles. The molecule has 3 aromatic rings. The molecular weight excluding hydrogens is 335 g/mol. The van der Waals surface area contributed by atoms with Crippen LogP contribution in [0.25, 0.3) is 21.4 Å². The zero-order chi connectivity index (χ0) is 19.3. The van der Waals surface area contributed by atoms with E-state index in [1.807, 2.05) is 0 Å². The number of nitrogen functional groups attached to an aromatic ring is 1. The lowest BCUT2D eigenvalue weighted by Crippen LogP contribution is -2.14. The largest absolute Gasteiger partial charge is 0.507 e. The lowest BCUT2D eigenvalue weighted by Gasteiger charge is -2.17. The number of carbonyl (C=O) groups is 1. The summed E-state index contributed by atoms with van der Waals surface area (Å²) >= 11 is 0. The van der Waals surface area contributed by atoms with E-state index in [0.29, 0.717) is 33.4 Å². The van der Waals surface area contributed by atoms with Crippen molar-refractivity contribution in [3.05, 3.63) is 57.7 Å². The zero-order valence-electron chi connectivity index (χ0n) is 14.5. The van der Waals surface area contributed by atoms with E-state index in [2.05, 4.69) is 4.85 Å². The molecule has 0 aliphatic carbocycles. The number of phenols is 1. The normalized spacial score (nSPS) is 10.9. The third kappa shape index (κ3) is 2.27. The first kappa shape index (κ1) is 17.3. The van der Waals surface area contributed by atoms with E-state index in [1.165, 1.54) is 4.57 Å². The van der Waals surface area contributed by atoms with Crippen molar-refractivity contribution in [1.29, 1.82) is 0 Å². The number of halogens is 1. The van der Waals surface area contributed by atoms with Gasteiger partial charge in [0, 0.05) is 22.6 Å². The second kappa shape index (κ2) is 5.77. The van der Waals surface area contributed by atoms with Crippen molar-refractivity contribution in [3.8, 4) is 11.4 Å². The molecule has 0 aliphatic rings. The molecule has 0 spiro atoms. The van der Waals surface area contributed by atoms with Crippen molar-refractivity contribution in [2.75, 3.05) is 5.73 Å². The van der Waals surface area contributed by atoms with Crippen LogP contribution in [0.2, 0.25) is 0 Å². The fourth-order valence-corrected chi connectivity index (χ4v) is 3.25. The first-order chi connectivity index (χ1) is 12.2. The fourth-order valence-electron chi connectivity index (χ4n) is 3.25. The van der Waals surface area contributed by atoms with Crippen molar-refractivity contribution in [3.63, 3.8) is 0 Å². The van der Waals surface area contributed by atoms with Gasteiger partial charge in [0.05, 0.1) is 23.3 Å². The number of fused-ring (bicyclic) bond motifs is 1. The van der Waals surface area contributed by atoms with Crippen molar-refractivity contribution >= 4 is 28.3 Å². The molecule has 0 radical (unpaired) electrons. The van der Waals surface area contributed by atoms with Crippen LogP contribution in [0.1, 0.15) is 27.0 Å². The number of carbonyl (C=O) groups excluding carboxylic acids is 1. The van der Waals surface area contributed by atoms with Gasteiger partial charge < -0.3 is 16.6 Å². The van der Waals surface area contributed by atoms with Crippen molar-refractivity contribution < 1.29 is 14.3 Å². The predicted octanol–water partition coefficient (Wildman–Crippen LogP) is 3.63. The molecule has 0 aliphatic heterocycles. The van der Waals surface area contributed by atoms with E-state index < -0.39 is 11.7 Å². The van der Waals surface area contributed by atoms with E-state index >= 15 is 0 Å². The fraction of sp³-hybridized carbons (Fsp3) is 0.158. The van der Waals surface area contributed by atoms with Crippen LogP contribution >= 0.6 is 0 Å². The summed E-state index contributed by atoms with van der Waals surface area (Å²) in [6.45, 7) is 12.2. The van der Waals surface area contributed by atoms with Gasteiger partial charge in [0.25, 0.3) is 5.91 Å². The summed E-state index contributed by atoms with van der Waals surface area (Å²) in [5, 5.41) is 10.5. The molecule has 0 unspecified atom stereocenters. The Hall–Kier alpha value is -3.53. The Labute approximate surface area is 149 Å². The zero-order valence-corrected chi connectivity index (χ0v) is 14.5. The summed E-state index contributed by atoms with van der Waals surface area (Å²) < 4.78 is 15.8. The van der Waals surface area contributed by atoms with E-state index in [0.717, 1.165) is 6.07 Å². The maximum Gasteiger partial charge on any atom is 0.253 e. The topological polar surface area (TPSA) is 98.6 Å². The molecule has 132 valence electrons. The van der Waals surface area contributed by atoms with Crippen LogP contribution in [0, 0.1) is 33.2 Å². The van der Waals surface area contributed by atoms with Gasteiger partial charge in [0.15, 0.2) is 5.69 Å². The molecule has 0 atom stereocenters. The molecule has 0 bridgehead atoms. The average molecular weight is 352 g/mol. The Morgan fingerprint density at radius 1 is 1.23 bits per heavy atom. The highest BCUT2D eigenvalue weighted by Crippen LogP contribution is 2.39. The molecular formula is C19H17FN4O2. The molecule has 5 N–H and O–H groups in total. The van der Waals surface area contributed by atoms with Crippen LogP contribution in [-0.4, -0.2) is 15.6 Å². The molecule has 0 saturated carbocycles. The number of nitrogens with zero attached hydrogens (tertiary/aromatic N) is 2. The number of primary amides is 1. The summed E-state index contributed by atoms with van der Waals surface area (Å²) in [5.74, 6) is -1.54. The number of amides is 1. The molecule has 26 heavy (non-hydrogen) atoms. The van der Waals surface area contributed by atoms with Crippen LogP contribution in [-0.2, 0) is 0 Å². The molecule has 0 fully saturated rings. The average Bonchev–Trinajstić information content (AvgIpc) is 2.84. The summed E-state index contributed by atoms with van der Waals surface area (Å²) in [6.07, 6.45) is 0. The number of anilines is 1. The highest BCUT2D eigenvalue weighted by molar-refractivity contribution is 6.12. The number of nitrogens with two attached hydrogens (primary N) is 2. The Kier molecular flexibility index (Phi) is 3.84. The van der Waals surface area contributed by atoms with Gasteiger partial charge in [-0.1, -0.05) is 0 Å². The summed E-state index contributed by atoms with van der Waals surface area (Å²) in [4.78, 5) is 15.4. The Balaban J connectivity index is 2.58. The van der Waals surface area contributed by atoms with Crippen molar-refractivity contribution in [2.45, 2.75) is 20.8 Å². The molecule has 7 heteroatoms. The highest BCUT2D eigenvalue weighted by Gasteiger charge is 2.24. The number of aromatic hydroxyl groups is 1. The quantitative estimate of drug-likeness (QED) is 0.614. The number of rotatable bonds is 2. The van der Waals surface area contributed by atoms with Gasteiger partial charge in [-0.25, -0.2) is 9.24 Å². The smallest absolute Gasteiger partial charge is 0.253 e. The Bertz CT molecular complexity index is 1110. The van der Waals surface area contributed by atoms with E-state index in [1.54, 1.807) is 32.9 Å². The SMILES string of the molecule is [C-]#[N+]c1cc2c(C(N)=O)c(N)n(-c3c(C)c(O)cc(F)c3C)c2cc1C. The second-order valence-electron chi connectivity index (χ2n) is 6.20. The minimum Gasteiger partial charge on any atom is -0.507 e. The third-order valence-electron chi connectivity index (χ3n) is 4.63. The van der Waals surface area contributed by atoms with Crippen LogP contribution < -0.4 is 11.5 Å². The summed E-state index contributed by atoms with van der Waals surface area (Å²) in [5.41, 5.74) is 14.4. The lowest BCUT2D eigenvalue weighted by molar-refractivity contribution is 0.100.